The van der Waals surface area contributed by atoms with E-state index >= 15 is 0 Å². The summed E-state index contributed by atoms with van der Waals surface area (Å²) >= 11 is 0. The standard InChI is InChI=1S/C9H19NO2/c1-5-6-7-10(3)8(2)9(11)12-4/h8H,5-7H2,1-4H3. The van der Waals surface area contributed by atoms with E-state index in [2.05, 4.69) is 11.7 Å². The summed E-state index contributed by atoms with van der Waals surface area (Å²) < 4.78 is 4.63. The highest BCUT2D eigenvalue weighted by molar-refractivity contribution is 5.75. The Morgan fingerprint density at radius 2 is 2.17 bits per heavy atom. The Bertz CT molecular complexity index is 136. The first-order chi connectivity index (χ1) is 5.63. The lowest BCUT2D eigenvalue weighted by Gasteiger charge is -2.21. The molecular weight excluding hydrogens is 154 g/mol. The van der Waals surface area contributed by atoms with Crippen LogP contribution in [0.3, 0.4) is 0 Å². The lowest BCUT2D eigenvalue weighted by Crippen LogP contribution is -2.37. The van der Waals surface area contributed by atoms with Crippen LogP contribution in [0, 0.1) is 0 Å². The second kappa shape index (κ2) is 6.00. The number of esters is 1. The van der Waals surface area contributed by atoms with E-state index < -0.39 is 0 Å². The third kappa shape index (κ3) is 3.72. The predicted molar refractivity (Wildman–Crippen MR) is 49.0 cm³/mol. The molecule has 0 fully saturated rings. The third-order valence-electron chi connectivity index (χ3n) is 2.07. The number of carbonyl (C=O) groups is 1. The normalized spacial score (nSPS) is 13.1. The fourth-order valence-electron chi connectivity index (χ4n) is 0.952. The molecule has 1 atom stereocenters. The van der Waals surface area contributed by atoms with E-state index in [9.17, 15) is 4.79 Å². The van der Waals surface area contributed by atoms with Gasteiger partial charge in [-0.3, -0.25) is 9.69 Å². The van der Waals surface area contributed by atoms with Gasteiger partial charge < -0.3 is 4.74 Å². The summed E-state index contributed by atoms with van der Waals surface area (Å²) in [5, 5.41) is 0. The summed E-state index contributed by atoms with van der Waals surface area (Å²) in [5.74, 6) is -0.159. The van der Waals surface area contributed by atoms with Gasteiger partial charge in [-0.25, -0.2) is 0 Å². The maximum absolute atomic E-state index is 11.1. The van der Waals surface area contributed by atoms with Crippen LogP contribution in [0.2, 0.25) is 0 Å². The molecule has 0 amide bonds. The van der Waals surface area contributed by atoms with Crippen molar-refractivity contribution < 1.29 is 9.53 Å². The van der Waals surface area contributed by atoms with Crippen molar-refractivity contribution in [1.29, 1.82) is 0 Å². The maximum atomic E-state index is 11.1. The molecule has 0 aliphatic carbocycles. The number of unbranched alkanes of at least 4 members (excludes halogenated alkanes) is 1. The van der Waals surface area contributed by atoms with Crippen LogP contribution in [0.1, 0.15) is 26.7 Å². The predicted octanol–water partition coefficient (Wildman–Crippen LogP) is 1.28. The van der Waals surface area contributed by atoms with Gasteiger partial charge in [-0.05, 0) is 26.9 Å². The van der Waals surface area contributed by atoms with Gasteiger partial charge in [0, 0.05) is 0 Å². The van der Waals surface area contributed by atoms with Crippen molar-refractivity contribution in [3.05, 3.63) is 0 Å². The highest BCUT2D eigenvalue weighted by atomic mass is 16.5. The molecule has 0 rings (SSSR count). The smallest absolute Gasteiger partial charge is 0.322 e. The molecule has 0 aliphatic heterocycles. The molecule has 12 heavy (non-hydrogen) atoms. The lowest BCUT2D eigenvalue weighted by atomic mass is 10.2. The van der Waals surface area contributed by atoms with Crippen molar-refractivity contribution in [2.75, 3.05) is 20.7 Å². The van der Waals surface area contributed by atoms with Crippen LogP contribution < -0.4 is 0 Å². The van der Waals surface area contributed by atoms with E-state index in [1.807, 2.05) is 18.9 Å². The largest absolute Gasteiger partial charge is 0.468 e. The first-order valence-corrected chi connectivity index (χ1v) is 4.41. The van der Waals surface area contributed by atoms with Gasteiger partial charge in [0.1, 0.15) is 6.04 Å². The van der Waals surface area contributed by atoms with Crippen molar-refractivity contribution >= 4 is 5.97 Å². The average molecular weight is 173 g/mol. The number of ether oxygens (including phenoxy) is 1. The third-order valence-corrected chi connectivity index (χ3v) is 2.07. The van der Waals surface area contributed by atoms with Gasteiger partial charge in [-0.2, -0.15) is 0 Å². The first kappa shape index (κ1) is 11.4. The summed E-state index contributed by atoms with van der Waals surface area (Å²) in [6.07, 6.45) is 2.27. The molecule has 0 saturated heterocycles. The molecule has 0 bridgehead atoms. The van der Waals surface area contributed by atoms with E-state index in [4.69, 9.17) is 0 Å². The molecule has 1 unspecified atom stereocenters. The van der Waals surface area contributed by atoms with Gasteiger partial charge in [0.15, 0.2) is 0 Å². The Morgan fingerprint density at radius 3 is 2.58 bits per heavy atom. The fraction of sp³-hybridized carbons (Fsp3) is 0.889. The molecule has 72 valence electrons. The van der Waals surface area contributed by atoms with Crippen LogP contribution in [-0.4, -0.2) is 37.6 Å². The summed E-state index contributed by atoms with van der Waals surface area (Å²) in [6, 6.07) is -0.124. The van der Waals surface area contributed by atoms with Gasteiger partial charge in [-0.15, -0.1) is 0 Å². The molecule has 0 aromatic heterocycles. The Morgan fingerprint density at radius 1 is 1.58 bits per heavy atom. The quantitative estimate of drug-likeness (QED) is 0.586. The van der Waals surface area contributed by atoms with Crippen LogP contribution in [0.5, 0.6) is 0 Å². The molecule has 0 aromatic carbocycles. The Kier molecular flexibility index (Phi) is 5.72. The number of carbonyl (C=O) groups excluding carboxylic acids is 1. The van der Waals surface area contributed by atoms with Crippen molar-refractivity contribution in [2.24, 2.45) is 0 Å². The van der Waals surface area contributed by atoms with Gasteiger partial charge in [-0.1, -0.05) is 13.3 Å². The fourth-order valence-corrected chi connectivity index (χ4v) is 0.952. The van der Waals surface area contributed by atoms with E-state index in [1.54, 1.807) is 0 Å². The van der Waals surface area contributed by atoms with Crippen LogP contribution in [0.4, 0.5) is 0 Å². The van der Waals surface area contributed by atoms with Crippen LogP contribution >= 0.6 is 0 Å². The van der Waals surface area contributed by atoms with Crippen LogP contribution in [-0.2, 0) is 9.53 Å². The van der Waals surface area contributed by atoms with E-state index in [1.165, 1.54) is 7.11 Å². The van der Waals surface area contributed by atoms with Gasteiger partial charge in [0.2, 0.25) is 0 Å². The SMILES string of the molecule is CCCCN(C)C(C)C(=O)OC. The maximum Gasteiger partial charge on any atom is 0.322 e. The van der Waals surface area contributed by atoms with Crippen molar-refractivity contribution in [3.63, 3.8) is 0 Å². The van der Waals surface area contributed by atoms with Crippen LogP contribution in [0.15, 0.2) is 0 Å². The summed E-state index contributed by atoms with van der Waals surface area (Å²) in [5.41, 5.74) is 0. The second-order valence-corrected chi connectivity index (χ2v) is 3.03. The number of rotatable bonds is 5. The molecule has 3 nitrogen and oxygen atoms in total. The van der Waals surface area contributed by atoms with Crippen LogP contribution in [0.25, 0.3) is 0 Å². The average Bonchev–Trinajstić information content (AvgIpc) is 2.11. The van der Waals surface area contributed by atoms with E-state index in [-0.39, 0.29) is 12.0 Å². The van der Waals surface area contributed by atoms with Gasteiger partial charge in [0.25, 0.3) is 0 Å². The zero-order valence-electron chi connectivity index (χ0n) is 8.46. The van der Waals surface area contributed by atoms with Crippen molar-refractivity contribution in [1.82, 2.24) is 4.90 Å². The molecule has 0 radical (unpaired) electrons. The monoisotopic (exact) mass is 173 g/mol. The Balaban J connectivity index is 3.75. The number of nitrogens with zero attached hydrogens (tertiary/aromatic N) is 1. The summed E-state index contributed by atoms with van der Waals surface area (Å²) in [6.45, 7) is 4.95. The van der Waals surface area contributed by atoms with E-state index in [0.29, 0.717) is 0 Å². The Labute approximate surface area is 74.7 Å². The molecule has 0 spiro atoms. The highest BCUT2D eigenvalue weighted by Gasteiger charge is 2.17. The van der Waals surface area contributed by atoms with Gasteiger partial charge >= 0.3 is 5.97 Å². The minimum absolute atomic E-state index is 0.124. The molecule has 3 heteroatoms. The second-order valence-electron chi connectivity index (χ2n) is 3.03. The van der Waals surface area contributed by atoms with Crippen molar-refractivity contribution in [3.8, 4) is 0 Å². The minimum Gasteiger partial charge on any atom is -0.468 e. The Hall–Kier alpha value is -0.570. The summed E-state index contributed by atoms with van der Waals surface area (Å²) in [4.78, 5) is 13.1. The minimum atomic E-state index is -0.159. The van der Waals surface area contributed by atoms with Gasteiger partial charge in [0.05, 0.1) is 7.11 Å². The molecule has 0 saturated carbocycles. The summed E-state index contributed by atoms with van der Waals surface area (Å²) in [7, 11) is 3.36. The van der Waals surface area contributed by atoms with E-state index in [0.717, 1.165) is 19.4 Å². The molecular formula is C9H19NO2. The molecule has 0 N–H and O–H groups in total. The lowest BCUT2D eigenvalue weighted by molar-refractivity contribution is -0.145. The topological polar surface area (TPSA) is 29.5 Å². The number of likely N-dealkylation sites (N-methyl/N-ethyl adjacent to an activating group) is 1. The highest BCUT2D eigenvalue weighted by Crippen LogP contribution is 2.00. The number of hydrogen-bond acceptors (Lipinski definition) is 3. The zero-order valence-corrected chi connectivity index (χ0v) is 8.46. The molecule has 0 aliphatic rings. The molecule has 0 heterocycles. The first-order valence-electron chi connectivity index (χ1n) is 4.41. The molecule has 0 aromatic rings. The number of hydrogen-bond donors (Lipinski definition) is 0. The van der Waals surface area contributed by atoms with Crippen molar-refractivity contribution in [2.45, 2.75) is 32.7 Å². The zero-order chi connectivity index (χ0) is 9.56. The number of methoxy groups -OCH3 is 1.